The summed E-state index contributed by atoms with van der Waals surface area (Å²) in [5.41, 5.74) is 11.0. The number of benzene rings is 3. The van der Waals surface area contributed by atoms with Crippen molar-refractivity contribution in [3.05, 3.63) is 137 Å². The van der Waals surface area contributed by atoms with E-state index in [-0.39, 0.29) is 45.5 Å². The van der Waals surface area contributed by atoms with E-state index >= 15 is 0 Å². The number of nitrogen functional groups attached to an aromatic ring is 2. The van der Waals surface area contributed by atoms with Crippen LogP contribution in [0.1, 0.15) is 15.9 Å². The van der Waals surface area contributed by atoms with Crippen molar-refractivity contribution < 1.29 is 4.79 Å². The first-order chi connectivity index (χ1) is 20.4. The van der Waals surface area contributed by atoms with E-state index in [0.717, 1.165) is 0 Å². The molecule has 3 aromatic carbocycles. The monoisotopic (exact) mass is 751 g/mol. The number of carbonyl (C=O) groups excluding carboxylic acids is 1. The third-order valence-corrected chi connectivity index (χ3v) is 15.6. The van der Waals surface area contributed by atoms with E-state index in [1.54, 1.807) is 0 Å². The fourth-order valence-electron chi connectivity index (χ4n) is 3.92. The largest absolute Gasteiger partial charge is 0.368 e. The molecule has 0 saturated carbocycles. The molecule has 44 heavy (non-hydrogen) atoms. The average Bonchev–Trinajstić information content (AvgIpc) is 2.99. The molecule has 0 saturated heterocycles. The molecule has 4 N–H and O–H groups in total. The molecule has 0 radical (unpaired) electrons. The van der Waals surface area contributed by atoms with E-state index in [1.807, 2.05) is 0 Å². The maximum atomic E-state index is 10.3. The van der Waals surface area contributed by atoms with Gasteiger partial charge in [0.2, 0.25) is 11.9 Å². The summed E-state index contributed by atoms with van der Waals surface area (Å²) >= 11 is 26.5. The molecule has 0 spiro atoms. The van der Waals surface area contributed by atoms with Gasteiger partial charge >= 0.3 is 134 Å². The number of rotatable bonds is 5. The van der Waals surface area contributed by atoms with Gasteiger partial charge in [0, 0.05) is 5.56 Å². The molecule has 2 heterocycles. The van der Waals surface area contributed by atoms with Crippen LogP contribution in [0.5, 0.6) is 0 Å². The first-order valence-corrected chi connectivity index (χ1v) is 18.6. The molecule has 0 aliphatic heterocycles. The third-order valence-electron chi connectivity index (χ3n) is 6.17. The zero-order chi connectivity index (χ0) is 31.6. The summed E-state index contributed by atoms with van der Waals surface area (Å²) in [5, 5.41) is 1.86. The minimum atomic E-state index is -2.56. The Balaban J connectivity index is 0.000000250. The van der Waals surface area contributed by atoms with Crippen molar-refractivity contribution in [3.63, 3.8) is 0 Å². The van der Waals surface area contributed by atoms with Gasteiger partial charge in [0.1, 0.15) is 20.6 Å². The first kappa shape index (κ1) is 37.1. The Kier molecular flexibility index (Phi) is 13.7. The molecule has 0 fully saturated rings. The molecule has 0 atom stereocenters. The van der Waals surface area contributed by atoms with Crippen LogP contribution in [0.15, 0.2) is 97.6 Å². The molecule has 7 nitrogen and oxygen atoms in total. The van der Waals surface area contributed by atoms with Crippen molar-refractivity contribution in [3.8, 4) is 0 Å². The summed E-state index contributed by atoms with van der Waals surface area (Å²) in [6.07, 6.45) is 1.95. The van der Waals surface area contributed by atoms with Gasteiger partial charge in [-0.15, -0.1) is 0 Å². The van der Waals surface area contributed by atoms with Crippen LogP contribution in [0.4, 0.5) is 11.9 Å². The maximum Gasteiger partial charge on any atom is 0.222 e. The molecule has 230 valence electrons. The van der Waals surface area contributed by atoms with Gasteiger partial charge in [-0.1, -0.05) is 59.1 Å². The number of anilines is 2. The predicted molar refractivity (Wildman–Crippen MR) is 195 cm³/mol. The van der Waals surface area contributed by atoms with Crippen LogP contribution < -0.4 is 27.4 Å². The first-order valence-electron chi connectivity index (χ1n) is 12.4. The van der Waals surface area contributed by atoms with E-state index in [4.69, 9.17) is 57.9 Å². The van der Waals surface area contributed by atoms with Crippen molar-refractivity contribution in [1.29, 1.82) is 0 Å². The Morgan fingerprint density at radius 2 is 0.909 bits per heavy atom. The van der Waals surface area contributed by atoms with E-state index in [2.05, 4.69) is 140 Å². The number of hydrogen-bond acceptors (Lipinski definition) is 7. The van der Waals surface area contributed by atoms with E-state index in [1.165, 1.54) is 22.0 Å². The zero-order valence-corrected chi connectivity index (χ0v) is 29.2. The number of hydrogen-bond donors (Lipinski definition) is 2. The van der Waals surface area contributed by atoms with Crippen molar-refractivity contribution in [1.82, 2.24) is 19.9 Å². The van der Waals surface area contributed by atoms with Crippen molar-refractivity contribution >= 4 is 107 Å². The van der Waals surface area contributed by atoms with Crippen molar-refractivity contribution in [2.75, 3.05) is 18.1 Å². The molecule has 13 heteroatoms. The summed E-state index contributed by atoms with van der Waals surface area (Å²) in [6.45, 7) is 5.86. The Morgan fingerprint density at radius 3 is 1.16 bits per heavy atom. The van der Waals surface area contributed by atoms with E-state index in [0.29, 0.717) is 11.8 Å². The fraction of sp³-hybridized carbons (Fsp3) is 0.0323. The van der Waals surface area contributed by atoms with Gasteiger partial charge in [0.15, 0.2) is 6.29 Å². The molecular weight excluding hydrogens is 725 g/mol. The topological polar surface area (TPSA) is 121 Å². The average molecular weight is 754 g/mol. The number of halogens is 5. The minimum absolute atomic E-state index is 0. The summed E-state index contributed by atoms with van der Waals surface area (Å²) < 4.78 is 0. The van der Waals surface area contributed by atoms with Crippen LogP contribution in [-0.4, -0.2) is 32.9 Å². The van der Waals surface area contributed by atoms with Crippen molar-refractivity contribution in [2.45, 2.75) is 0 Å². The Labute approximate surface area is 285 Å². The minimum Gasteiger partial charge on any atom is -0.368 e. The molecule has 5 aromatic rings. The molecule has 5 rings (SSSR count). The summed E-state index contributed by atoms with van der Waals surface area (Å²) in [6, 6.07) is 32.3. The SMILES string of the molecule is C=Cc1c(Cl)nc(N)nc1Cl.CP(Br)(c1ccccc1)(c1ccccc1)c1ccccc1.Nc1nc(Cl)c(C=O)c(Cl)n1.[CH3-]. The number of nitrogens with zero attached hydrogens (tertiary/aromatic N) is 4. The van der Waals surface area contributed by atoms with E-state index in [9.17, 15) is 4.79 Å². The second-order valence-corrected chi connectivity index (χ2v) is 20.1. The third kappa shape index (κ3) is 8.54. The molecular formula is C31H29BrCl4N6OP-. The quantitative estimate of drug-likeness (QED) is 0.0806. The fourth-order valence-corrected chi connectivity index (χ4v) is 10.6. The Bertz CT molecular complexity index is 1500. The number of nitrogens with two attached hydrogens (primary N) is 2. The van der Waals surface area contributed by atoms with Gasteiger partial charge < -0.3 is 18.9 Å². The molecule has 0 unspecified atom stereocenters. The Morgan fingerprint density at radius 1 is 0.636 bits per heavy atom. The van der Waals surface area contributed by atoms with Gasteiger partial charge in [0.25, 0.3) is 0 Å². The second-order valence-electron chi connectivity index (χ2n) is 8.91. The second kappa shape index (κ2) is 16.3. The van der Waals surface area contributed by atoms with Crippen LogP contribution in [0, 0.1) is 7.43 Å². The normalized spacial score (nSPS) is 11.2. The molecule has 0 bridgehead atoms. The number of aromatic nitrogens is 4. The molecule has 0 aliphatic rings. The van der Waals surface area contributed by atoms with Crippen LogP contribution in [-0.2, 0) is 0 Å². The predicted octanol–water partition coefficient (Wildman–Crippen LogP) is 8.09. The molecule has 2 aromatic heterocycles. The van der Waals surface area contributed by atoms with Crippen LogP contribution in [0.25, 0.3) is 6.08 Å². The molecule has 0 amide bonds. The van der Waals surface area contributed by atoms with Crippen LogP contribution in [0.3, 0.4) is 0 Å². The van der Waals surface area contributed by atoms with Gasteiger partial charge in [0.05, 0.1) is 5.56 Å². The zero-order valence-electron chi connectivity index (χ0n) is 23.7. The van der Waals surface area contributed by atoms with E-state index < -0.39 is 5.31 Å². The summed E-state index contributed by atoms with van der Waals surface area (Å²) in [5.74, 6) is 0.0104. The number of carbonyl (C=O) groups is 1. The van der Waals surface area contributed by atoms with Crippen LogP contribution in [0.2, 0.25) is 20.6 Å². The smallest absolute Gasteiger partial charge is 0.222 e. The van der Waals surface area contributed by atoms with Gasteiger partial charge in [-0.25, -0.2) is 19.9 Å². The maximum absolute atomic E-state index is 10.3. The Hall–Kier alpha value is -3.10. The van der Waals surface area contributed by atoms with Gasteiger partial charge in [-0.2, -0.15) is 0 Å². The standard InChI is InChI=1S/C19H18BrP.C6H5Cl2N3.C5H3Cl2N3O.CH3/c1-21(20,17-11-5-2-6-12-17,18-13-7-3-8-14-18)19-15-9-4-10-16-19;1-2-3-4(7)10-6(9)11-5(3)8;6-3-2(1-11)4(7)10-5(8)9-3;/h2-16H,1H3;2H,1H2,(H2,9,10,11);1H,(H2,8,9,10);1H3/q;;;-1. The van der Waals surface area contributed by atoms with Gasteiger partial charge in [-0.05, 0) is 0 Å². The van der Waals surface area contributed by atoms with Crippen molar-refractivity contribution in [2.24, 2.45) is 0 Å². The molecule has 0 aliphatic carbocycles. The van der Waals surface area contributed by atoms with Crippen LogP contribution >= 0.6 is 67.2 Å². The summed E-state index contributed by atoms with van der Waals surface area (Å²) in [7, 11) is 0. The summed E-state index contributed by atoms with van der Waals surface area (Å²) in [4.78, 5) is 24.7. The number of aldehydes is 1. The van der Waals surface area contributed by atoms with Gasteiger partial charge in [-0.3, -0.25) is 4.79 Å².